The number of carbonyl (C=O) groups excluding carboxylic acids is 1. The number of fused-ring (bicyclic) bond motifs is 2. The van der Waals surface area contributed by atoms with Crippen LogP contribution in [0.1, 0.15) is 54.7 Å². The molecule has 4 aromatic rings. The minimum Gasteiger partial charge on any atom is -0.488 e. The van der Waals surface area contributed by atoms with Gasteiger partial charge in [-0.25, -0.2) is 0 Å². The molecule has 2 fully saturated rings. The second-order valence-corrected chi connectivity index (χ2v) is 11.7. The normalized spacial score (nSPS) is 19.0. The van der Waals surface area contributed by atoms with E-state index in [0.29, 0.717) is 29.1 Å². The number of aromatic nitrogens is 1. The Morgan fingerprint density at radius 3 is 2.62 bits per heavy atom. The first-order valence-electron chi connectivity index (χ1n) is 14.2. The van der Waals surface area contributed by atoms with E-state index >= 15 is 0 Å². The number of likely N-dealkylation sites (tertiary alicyclic amines) is 2. The Bertz CT molecular complexity index is 1500. The number of primary amides is 1. The van der Waals surface area contributed by atoms with E-state index in [0.717, 1.165) is 85.8 Å². The number of amides is 1. The number of nitrogens with two attached hydrogens (primary N) is 1. The Morgan fingerprint density at radius 1 is 1.10 bits per heavy atom. The summed E-state index contributed by atoms with van der Waals surface area (Å²) < 4.78 is 14.1. The number of ether oxygens (including phenoxy) is 1. The molecule has 0 aliphatic carbocycles. The van der Waals surface area contributed by atoms with E-state index in [2.05, 4.69) is 21.3 Å². The fraction of sp³-hybridized carbons (Fsp3) is 0.452. The molecule has 3 N–H and O–H groups in total. The van der Waals surface area contributed by atoms with Crippen molar-refractivity contribution >= 4 is 39.4 Å². The highest BCUT2D eigenvalue weighted by molar-refractivity contribution is 6.31. The molecular formula is C31H37ClN4O4. The van der Waals surface area contributed by atoms with Crippen molar-refractivity contribution in [2.45, 2.75) is 57.4 Å². The molecule has 2 aromatic heterocycles. The van der Waals surface area contributed by atoms with E-state index in [9.17, 15) is 9.90 Å². The molecule has 0 radical (unpaired) electrons. The highest BCUT2D eigenvalue weighted by atomic mass is 35.5. The number of halogens is 1. The molecule has 6 rings (SSSR count). The Kier molecular flexibility index (Phi) is 7.77. The lowest BCUT2D eigenvalue weighted by molar-refractivity contribution is 0.0493. The van der Waals surface area contributed by atoms with Crippen LogP contribution in [0.25, 0.3) is 21.9 Å². The molecule has 40 heavy (non-hydrogen) atoms. The van der Waals surface area contributed by atoms with Gasteiger partial charge in [0.15, 0.2) is 0 Å². The molecule has 2 aromatic carbocycles. The predicted molar refractivity (Wildman–Crippen MR) is 157 cm³/mol. The van der Waals surface area contributed by atoms with Gasteiger partial charge in [-0.1, -0.05) is 17.7 Å². The summed E-state index contributed by atoms with van der Waals surface area (Å²) in [7, 11) is 0. The Balaban J connectivity index is 1.17. The monoisotopic (exact) mass is 564 g/mol. The van der Waals surface area contributed by atoms with Crippen LogP contribution in [0.2, 0.25) is 5.02 Å². The van der Waals surface area contributed by atoms with Crippen LogP contribution < -0.4 is 10.5 Å². The van der Waals surface area contributed by atoms with Crippen LogP contribution in [0.3, 0.4) is 0 Å². The molecule has 2 saturated heterocycles. The highest BCUT2D eigenvalue weighted by Gasteiger charge is 2.28. The van der Waals surface area contributed by atoms with Gasteiger partial charge in [-0.05, 0) is 69.0 Å². The first-order valence-corrected chi connectivity index (χ1v) is 14.6. The zero-order valence-electron chi connectivity index (χ0n) is 22.9. The molecule has 2 aliphatic heterocycles. The van der Waals surface area contributed by atoms with Gasteiger partial charge >= 0.3 is 0 Å². The minimum atomic E-state index is -0.428. The molecule has 0 saturated carbocycles. The van der Waals surface area contributed by atoms with Crippen LogP contribution in [-0.2, 0) is 6.61 Å². The molecule has 212 valence electrons. The lowest BCUT2D eigenvalue weighted by atomic mass is 10.0. The van der Waals surface area contributed by atoms with E-state index < -0.39 is 5.91 Å². The summed E-state index contributed by atoms with van der Waals surface area (Å²) >= 11 is 6.10. The van der Waals surface area contributed by atoms with E-state index in [1.165, 1.54) is 0 Å². The van der Waals surface area contributed by atoms with Crippen LogP contribution in [-0.4, -0.2) is 70.3 Å². The Hall–Kier alpha value is -3.04. The van der Waals surface area contributed by atoms with Crippen molar-refractivity contribution < 1.29 is 19.1 Å². The van der Waals surface area contributed by atoms with Crippen molar-refractivity contribution in [3.05, 3.63) is 65.0 Å². The van der Waals surface area contributed by atoms with Gasteiger partial charge in [0.1, 0.15) is 23.6 Å². The van der Waals surface area contributed by atoms with Gasteiger partial charge in [0.2, 0.25) is 0 Å². The van der Waals surface area contributed by atoms with Crippen molar-refractivity contribution in [2.24, 2.45) is 5.73 Å². The average Bonchev–Trinajstić information content (AvgIpc) is 3.54. The van der Waals surface area contributed by atoms with Crippen LogP contribution in [0.4, 0.5) is 0 Å². The summed E-state index contributed by atoms with van der Waals surface area (Å²) in [5.74, 6) is 0.281. The van der Waals surface area contributed by atoms with Gasteiger partial charge in [0, 0.05) is 66.2 Å². The molecule has 2 aliphatic rings. The number of aliphatic hydroxyl groups excluding tert-OH is 1. The van der Waals surface area contributed by atoms with E-state index in [-0.39, 0.29) is 12.1 Å². The highest BCUT2D eigenvalue weighted by Crippen LogP contribution is 2.36. The zero-order chi connectivity index (χ0) is 27.8. The Morgan fingerprint density at radius 2 is 1.88 bits per heavy atom. The third kappa shape index (κ3) is 5.46. The third-order valence-electron chi connectivity index (χ3n) is 8.66. The summed E-state index contributed by atoms with van der Waals surface area (Å²) in [6, 6.07) is 14.0. The molecule has 9 heteroatoms. The first kappa shape index (κ1) is 27.1. The first-order chi connectivity index (χ1) is 19.4. The van der Waals surface area contributed by atoms with Crippen molar-refractivity contribution in [1.29, 1.82) is 0 Å². The number of piperidine rings is 2. The maximum Gasteiger partial charge on any atom is 0.265 e. The predicted octanol–water partition coefficient (Wildman–Crippen LogP) is 5.20. The van der Waals surface area contributed by atoms with Crippen molar-refractivity contribution in [3.63, 3.8) is 0 Å². The molecular weight excluding hydrogens is 528 g/mol. The van der Waals surface area contributed by atoms with E-state index in [1.54, 1.807) is 12.3 Å². The summed E-state index contributed by atoms with van der Waals surface area (Å²) in [6.45, 7) is 7.51. The molecule has 8 nitrogen and oxygen atoms in total. The van der Waals surface area contributed by atoms with Crippen molar-refractivity contribution in [3.8, 4) is 5.75 Å². The standard InChI is InChI=1S/C31H37ClN4O4/c1-20(35-13-9-24(37)10-14-35)17-34-11-7-23(8-12-34)36-27-3-2-4-29(26(27)16-28(36)31(33)38)39-18-21-19-40-30-15-22(32)5-6-25(21)30/h2-6,15-16,19-20,23-24,37H,7-14,17-18H2,1H3,(H2,33,38)/t20-/m0/s1. The maximum absolute atomic E-state index is 12.6. The third-order valence-corrected chi connectivity index (χ3v) is 8.90. The number of carbonyl (C=O) groups is 1. The molecule has 0 unspecified atom stereocenters. The lowest BCUT2D eigenvalue weighted by Crippen LogP contribution is -2.48. The fourth-order valence-corrected chi connectivity index (χ4v) is 6.59. The number of hydrogen-bond acceptors (Lipinski definition) is 6. The fourth-order valence-electron chi connectivity index (χ4n) is 6.43. The minimum absolute atomic E-state index is 0.147. The van der Waals surface area contributed by atoms with Gasteiger partial charge in [-0.3, -0.25) is 9.69 Å². The van der Waals surface area contributed by atoms with Crippen LogP contribution in [0.15, 0.2) is 53.1 Å². The summed E-state index contributed by atoms with van der Waals surface area (Å²) in [5.41, 5.74) is 9.03. The smallest absolute Gasteiger partial charge is 0.265 e. The van der Waals surface area contributed by atoms with Crippen molar-refractivity contribution in [1.82, 2.24) is 14.4 Å². The summed E-state index contributed by atoms with van der Waals surface area (Å²) in [5, 5.41) is 12.3. The molecule has 0 bridgehead atoms. The molecule has 1 amide bonds. The van der Waals surface area contributed by atoms with Crippen LogP contribution in [0, 0.1) is 0 Å². The van der Waals surface area contributed by atoms with Gasteiger partial charge in [0.25, 0.3) is 5.91 Å². The summed E-state index contributed by atoms with van der Waals surface area (Å²) in [6.07, 6.45) is 5.18. The quantitative estimate of drug-likeness (QED) is 0.305. The van der Waals surface area contributed by atoms with Crippen molar-refractivity contribution in [2.75, 3.05) is 32.7 Å². The van der Waals surface area contributed by atoms with Gasteiger partial charge in [-0.15, -0.1) is 0 Å². The average molecular weight is 565 g/mol. The number of rotatable bonds is 8. The molecule has 1 atom stereocenters. The van der Waals surface area contributed by atoms with Crippen LogP contribution >= 0.6 is 11.6 Å². The molecule has 4 heterocycles. The number of benzene rings is 2. The number of nitrogens with zero attached hydrogens (tertiary/aromatic N) is 3. The second-order valence-electron chi connectivity index (χ2n) is 11.3. The number of aliphatic hydroxyl groups is 1. The van der Waals surface area contributed by atoms with E-state index in [1.807, 2.05) is 36.4 Å². The number of hydrogen-bond donors (Lipinski definition) is 2. The van der Waals surface area contributed by atoms with Gasteiger partial charge < -0.3 is 29.5 Å². The van der Waals surface area contributed by atoms with Gasteiger partial charge in [0.05, 0.1) is 17.9 Å². The van der Waals surface area contributed by atoms with Crippen LogP contribution in [0.5, 0.6) is 5.75 Å². The maximum atomic E-state index is 12.6. The molecule has 0 spiro atoms. The topological polar surface area (TPSA) is 97.1 Å². The number of furan rings is 1. The Labute approximate surface area is 239 Å². The summed E-state index contributed by atoms with van der Waals surface area (Å²) in [4.78, 5) is 17.6. The van der Waals surface area contributed by atoms with E-state index in [4.69, 9.17) is 26.5 Å². The lowest BCUT2D eigenvalue weighted by Gasteiger charge is -2.39. The SMILES string of the molecule is C[C@@H](CN1CCC(n2c(C(N)=O)cc3c(OCc4coc5cc(Cl)ccc45)cccc32)CC1)N1CCC(O)CC1. The largest absolute Gasteiger partial charge is 0.488 e. The zero-order valence-corrected chi connectivity index (χ0v) is 23.6. The van der Waals surface area contributed by atoms with Gasteiger partial charge in [-0.2, -0.15) is 0 Å². The second kappa shape index (κ2) is 11.4.